The maximum atomic E-state index is 13.0. The van der Waals surface area contributed by atoms with E-state index in [4.69, 9.17) is 9.47 Å². The third kappa shape index (κ3) is 4.75. The molecular formula is C20H24N2O7S. The number of rotatable bonds is 10. The lowest BCUT2D eigenvalue weighted by molar-refractivity contribution is -0.384. The zero-order chi connectivity index (χ0) is 21.7. The number of non-ortho nitro benzene ring substituents is 1. The first-order chi connectivity index (χ1) is 14.3. The zero-order valence-electron chi connectivity index (χ0n) is 16.7. The number of nitrogens with zero attached hydrogens (tertiary/aromatic N) is 2. The summed E-state index contributed by atoms with van der Waals surface area (Å²) in [6.45, 7) is 1.68. The molecular weight excluding hydrogens is 412 g/mol. The molecule has 1 aromatic rings. The summed E-state index contributed by atoms with van der Waals surface area (Å²) in [5.74, 6) is -0.193. The van der Waals surface area contributed by atoms with Crippen LogP contribution in [0.4, 0.5) is 5.69 Å². The molecule has 1 amide bonds. The Morgan fingerprint density at radius 2 is 2.00 bits per heavy atom. The number of ether oxygens (including phenoxy) is 2. The highest BCUT2D eigenvalue weighted by atomic mass is 32.2. The average Bonchev–Trinajstić information content (AvgIpc) is 3.01. The topological polar surface area (TPSA) is 116 Å². The Hall–Kier alpha value is -2.62. The van der Waals surface area contributed by atoms with E-state index in [2.05, 4.69) is 0 Å². The van der Waals surface area contributed by atoms with Crippen LogP contribution in [0.25, 0.3) is 0 Å². The Bertz CT molecular complexity index is 829. The largest absolute Gasteiger partial charge is 0.466 e. The number of esters is 2. The number of β-lactam (4-membered cyclic amide) rings is 1. The van der Waals surface area contributed by atoms with Crippen LogP contribution in [0.2, 0.25) is 0 Å². The first kappa shape index (κ1) is 22.1. The molecule has 0 saturated carbocycles. The number of hydrogen-bond donors (Lipinski definition) is 0. The normalized spacial score (nSPS) is 22.2. The lowest BCUT2D eigenvalue weighted by Crippen LogP contribution is -2.61. The lowest BCUT2D eigenvalue weighted by Gasteiger charge is -2.44. The summed E-state index contributed by atoms with van der Waals surface area (Å²) in [5, 5.41) is 10.8. The molecule has 2 fully saturated rings. The van der Waals surface area contributed by atoms with E-state index < -0.39 is 15.8 Å². The van der Waals surface area contributed by atoms with Gasteiger partial charge in [0.05, 0.1) is 11.5 Å². The van der Waals surface area contributed by atoms with Gasteiger partial charge in [-0.15, -0.1) is 11.8 Å². The molecule has 0 radical (unpaired) electrons. The van der Waals surface area contributed by atoms with Crippen LogP contribution in [0.5, 0.6) is 0 Å². The van der Waals surface area contributed by atoms with Crippen molar-refractivity contribution >= 4 is 35.3 Å². The quantitative estimate of drug-likeness (QED) is 0.181. The van der Waals surface area contributed by atoms with Crippen LogP contribution in [0.3, 0.4) is 0 Å². The molecule has 9 nitrogen and oxygen atoms in total. The number of hydrogen-bond acceptors (Lipinski definition) is 8. The van der Waals surface area contributed by atoms with Crippen LogP contribution in [-0.2, 0) is 30.5 Å². The fourth-order valence-electron chi connectivity index (χ4n) is 3.73. The molecule has 162 valence electrons. The lowest BCUT2D eigenvalue weighted by atomic mass is 10.0. The second-order valence-corrected chi connectivity index (χ2v) is 8.71. The molecule has 2 unspecified atom stereocenters. The summed E-state index contributed by atoms with van der Waals surface area (Å²) in [6.07, 6.45) is 3.18. The first-order valence-corrected chi connectivity index (χ1v) is 10.8. The zero-order valence-corrected chi connectivity index (χ0v) is 17.5. The second kappa shape index (κ2) is 9.46. The Morgan fingerprint density at radius 3 is 2.63 bits per heavy atom. The summed E-state index contributed by atoms with van der Waals surface area (Å²) in [4.78, 5) is 47.0. The highest BCUT2D eigenvalue weighted by Crippen LogP contribution is 2.49. The Balaban J connectivity index is 1.59. The van der Waals surface area contributed by atoms with E-state index in [-0.39, 0.29) is 30.2 Å². The smallest absolute Gasteiger partial charge is 0.343 e. The fourth-order valence-corrected chi connectivity index (χ4v) is 5.25. The predicted octanol–water partition coefficient (Wildman–Crippen LogP) is 2.81. The van der Waals surface area contributed by atoms with E-state index in [1.54, 1.807) is 17.0 Å². The Labute approximate surface area is 178 Å². The predicted molar refractivity (Wildman–Crippen MR) is 108 cm³/mol. The number of unbranched alkanes of at least 4 members (excludes halogenated alkanes) is 1. The maximum absolute atomic E-state index is 13.0. The van der Waals surface area contributed by atoms with Gasteiger partial charge >= 0.3 is 11.9 Å². The molecule has 10 heteroatoms. The van der Waals surface area contributed by atoms with Crippen molar-refractivity contribution < 1.29 is 28.8 Å². The summed E-state index contributed by atoms with van der Waals surface area (Å²) >= 11 is 1.41. The third-order valence-electron chi connectivity index (χ3n) is 5.27. The van der Waals surface area contributed by atoms with Crippen LogP contribution in [-0.4, -0.2) is 50.9 Å². The minimum atomic E-state index is -1.03. The van der Waals surface area contributed by atoms with Gasteiger partial charge in [-0.2, -0.15) is 0 Å². The maximum Gasteiger partial charge on any atom is 0.343 e. The van der Waals surface area contributed by atoms with Crippen molar-refractivity contribution in [2.45, 2.75) is 56.5 Å². The fraction of sp³-hybridized carbons (Fsp3) is 0.550. The monoisotopic (exact) mass is 436 g/mol. The molecule has 0 N–H and O–H groups in total. The van der Waals surface area contributed by atoms with Crippen molar-refractivity contribution in [2.75, 3.05) is 12.4 Å². The number of nitro benzene ring substituents is 1. The van der Waals surface area contributed by atoms with Crippen LogP contribution in [0.1, 0.15) is 44.6 Å². The number of fused-ring (bicyclic) bond motifs is 1. The van der Waals surface area contributed by atoms with Gasteiger partial charge in [-0.25, -0.2) is 4.79 Å². The number of amides is 1. The van der Waals surface area contributed by atoms with Crippen molar-refractivity contribution in [3.8, 4) is 0 Å². The van der Waals surface area contributed by atoms with E-state index in [9.17, 15) is 24.5 Å². The van der Waals surface area contributed by atoms with Crippen LogP contribution in [0.15, 0.2) is 24.3 Å². The first-order valence-electron chi connectivity index (χ1n) is 9.83. The highest BCUT2D eigenvalue weighted by Gasteiger charge is 2.60. The van der Waals surface area contributed by atoms with Gasteiger partial charge in [0.25, 0.3) is 5.69 Å². The van der Waals surface area contributed by atoms with Gasteiger partial charge in [0.2, 0.25) is 5.91 Å². The molecule has 0 bridgehead atoms. The van der Waals surface area contributed by atoms with Gasteiger partial charge in [-0.3, -0.25) is 19.7 Å². The van der Waals surface area contributed by atoms with Gasteiger partial charge in [-0.05, 0) is 49.1 Å². The molecule has 2 saturated heterocycles. The van der Waals surface area contributed by atoms with Crippen molar-refractivity contribution in [1.29, 1.82) is 0 Å². The van der Waals surface area contributed by atoms with Crippen LogP contribution >= 0.6 is 11.8 Å². The molecule has 1 aromatic carbocycles. The van der Waals surface area contributed by atoms with Gasteiger partial charge in [0, 0.05) is 31.5 Å². The molecule has 2 atom stereocenters. The van der Waals surface area contributed by atoms with Gasteiger partial charge in [0.15, 0.2) is 4.87 Å². The van der Waals surface area contributed by atoms with Crippen LogP contribution in [0, 0.1) is 10.1 Å². The van der Waals surface area contributed by atoms with E-state index in [0.717, 1.165) is 12.8 Å². The molecule has 0 aromatic heterocycles. The number of carbonyl (C=O) groups excluding carboxylic acids is 3. The second-order valence-electron chi connectivity index (χ2n) is 7.34. The molecule has 0 aliphatic carbocycles. The molecule has 2 aliphatic heterocycles. The summed E-state index contributed by atoms with van der Waals surface area (Å²) in [7, 11) is 0. The van der Waals surface area contributed by atoms with Crippen molar-refractivity contribution in [2.24, 2.45) is 0 Å². The number of carbonyl (C=O) groups is 3. The van der Waals surface area contributed by atoms with Crippen molar-refractivity contribution in [3.05, 3.63) is 39.9 Å². The van der Waals surface area contributed by atoms with Crippen molar-refractivity contribution in [1.82, 2.24) is 4.90 Å². The molecule has 3 rings (SSSR count). The SMILES string of the molecule is CC(=O)OCCCCSC1(C(=O)OCc2ccc([N+](=O)[O-])cc2)CCC2CC(=O)N21. The summed E-state index contributed by atoms with van der Waals surface area (Å²) in [5.41, 5.74) is 0.607. The van der Waals surface area contributed by atoms with E-state index in [1.165, 1.54) is 30.8 Å². The number of nitro groups is 1. The van der Waals surface area contributed by atoms with E-state index in [0.29, 0.717) is 37.2 Å². The summed E-state index contributed by atoms with van der Waals surface area (Å²) in [6, 6.07) is 5.90. The molecule has 2 heterocycles. The van der Waals surface area contributed by atoms with E-state index >= 15 is 0 Å². The highest BCUT2D eigenvalue weighted by molar-refractivity contribution is 8.01. The average molecular weight is 436 g/mol. The van der Waals surface area contributed by atoms with Crippen LogP contribution < -0.4 is 0 Å². The molecule has 0 spiro atoms. The Morgan fingerprint density at radius 1 is 1.27 bits per heavy atom. The molecule has 2 aliphatic rings. The van der Waals surface area contributed by atoms with Gasteiger partial charge in [-0.1, -0.05) is 0 Å². The third-order valence-corrected chi connectivity index (χ3v) is 6.81. The number of benzene rings is 1. The number of thioether (sulfide) groups is 1. The minimum absolute atomic E-state index is 0.0156. The molecule has 30 heavy (non-hydrogen) atoms. The van der Waals surface area contributed by atoms with Crippen molar-refractivity contribution in [3.63, 3.8) is 0 Å². The van der Waals surface area contributed by atoms with Gasteiger partial charge < -0.3 is 14.4 Å². The Kier molecular flexibility index (Phi) is 6.96. The van der Waals surface area contributed by atoms with E-state index in [1.807, 2.05) is 0 Å². The summed E-state index contributed by atoms with van der Waals surface area (Å²) < 4.78 is 10.5. The minimum Gasteiger partial charge on any atom is -0.466 e. The van der Waals surface area contributed by atoms with Gasteiger partial charge in [0.1, 0.15) is 6.61 Å². The standard InChI is InChI=1S/C20H24N2O7S/c1-14(23)28-10-2-3-11-30-20(9-8-17-12-18(24)21(17)20)19(25)29-13-15-4-6-16(7-5-15)22(26)27/h4-7,17H,2-3,8-13H2,1H3.